The predicted molar refractivity (Wildman–Crippen MR) is 96.0 cm³/mol. The number of hydrogen-bond acceptors (Lipinski definition) is 4. The average Bonchev–Trinajstić information content (AvgIpc) is 2.60. The number of ether oxygens (including phenoxy) is 3. The van der Waals surface area contributed by atoms with Crippen molar-refractivity contribution in [3.8, 4) is 17.2 Å². The monoisotopic (exact) mass is 393 g/mol. The third-order valence-corrected chi connectivity index (χ3v) is 4.00. The van der Waals surface area contributed by atoms with Crippen LogP contribution >= 0.6 is 15.9 Å². The zero-order valence-electron chi connectivity index (χ0n) is 13.9. The van der Waals surface area contributed by atoms with E-state index in [2.05, 4.69) is 21.2 Å². The van der Waals surface area contributed by atoms with Gasteiger partial charge in [-0.15, -0.1) is 0 Å². The first-order chi connectivity index (χ1) is 11.6. The van der Waals surface area contributed by atoms with Crippen LogP contribution in [-0.2, 0) is 6.54 Å². The van der Waals surface area contributed by atoms with Gasteiger partial charge in [-0.3, -0.25) is 4.79 Å². The molecule has 0 aromatic heterocycles. The zero-order chi connectivity index (χ0) is 17.5. The standard InChI is InChI=1S/C18H20BrNO4/c1-4-24-16-10-13(9-14(19)17(16)23-3)18(21)20-11-12-7-5-6-8-15(12)22-2/h5-10H,4,11H2,1-3H3,(H,20,21). The molecule has 0 spiro atoms. The fraction of sp³-hybridized carbons (Fsp3) is 0.278. The lowest BCUT2D eigenvalue weighted by atomic mass is 10.1. The van der Waals surface area contributed by atoms with Crippen LogP contribution in [0.1, 0.15) is 22.8 Å². The highest BCUT2D eigenvalue weighted by molar-refractivity contribution is 9.10. The average molecular weight is 394 g/mol. The van der Waals surface area contributed by atoms with Gasteiger partial charge in [0.2, 0.25) is 0 Å². The molecule has 0 atom stereocenters. The van der Waals surface area contributed by atoms with Crippen molar-refractivity contribution in [1.29, 1.82) is 0 Å². The number of benzene rings is 2. The molecule has 1 amide bonds. The quantitative estimate of drug-likeness (QED) is 0.777. The molecule has 0 aliphatic carbocycles. The van der Waals surface area contributed by atoms with E-state index in [4.69, 9.17) is 14.2 Å². The van der Waals surface area contributed by atoms with Gasteiger partial charge in [0.1, 0.15) is 5.75 Å². The van der Waals surface area contributed by atoms with Gasteiger partial charge in [-0.25, -0.2) is 0 Å². The first-order valence-electron chi connectivity index (χ1n) is 7.51. The molecular formula is C18H20BrNO4. The topological polar surface area (TPSA) is 56.8 Å². The maximum absolute atomic E-state index is 12.5. The van der Waals surface area contributed by atoms with Gasteiger partial charge in [-0.1, -0.05) is 18.2 Å². The van der Waals surface area contributed by atoms with Crippen molar-refractivity contribution >= 4 is 21.8 Å². The second kappa shape index (κ2) is 8.59. The van der Waals surface area contributed by atoms with Gasteiger partial charge in [0.05, 0.1) is 25.3 Å². The van der Waals surface area contributed by atoms with Crippen molar-refractivity contribution < 1.29 is 19.0 Å². The minimum Gasteiger partial charge on any atom is -0.496 e. The first kappa shape index (κ1) is 18.1. The number of para-hydroxylation sites is 1. The molecule has 0 saturated heterocycles. The lowest BCUT2D eigenvalue weighted by molar-refractivity contribution is 0.0950. The van der Waals surface area contributed by atoms with E-state index in [0.29, 0.717) is 34.7 Å². The van der Waals surface area contributed by atoms with Crippen LogP contribution in [0.2, 0.25) is 0 Å². The van der Waals surface area contributed by atoms with Crippen LogP contribution in [-0.4, -0.2) is 26.7 Å². The van der Waals surface area contributed by atoms with Crippen LogP contribution in [0.5, 0.6) is 17.2 Å². The van der Waals surface area contributed by atoms with Gasteiger partial charge in [0, 0.05) is 17.7 Å². The van der Waals surface area contributed by atoms with Gasteiger partial charge >= 0.3 is 0 Å². The second-order valence-corrected chi connectivity index (χ2v) is 5.77. The summed E-state index contributed by atoms with van der Waals surface area (Å²) in [6, 6.07) is 10.9. The first-order valence-corrected chi connectivity index (χ1v) is 8.30. The molecule has 0 heterocycles. The van der Waals surface area contributed by atoms with Gasteiger partial charge in [0.25, 0.3) is 5.91 Å². The summed E-state index contributed by atoms with van der Waals surface area (Å²) in [5, 5.41) is 2.89. The van der Waals surface area contributed by atoms with E-state index >= 15 is 0 Å². The largest absolute Gasteiger partial charge is 0.496 e. The SMILES string of the molecule is CCOc1cc(C(=O)NCc2ccccc2OC)cc(Br)c1OC. The Morgan fingerprint density at radius 2 is 1.88 bits per heavy atom. The zero-order valence-corrected chi connectivity index (χ0v) is 15.5. The summed E-state index contributed by atoms with van der Waals surface area (Å²) < 4.78 is 16.8. The summed E-state index contributed by atoms with van der Waals surface area (Å²) in [5.41, 5.74) is 1.40. The number of carbonyl (C=O) groups excluding carboxylic acids is 1. The highest BCUT2D eigenvalue weighted by atomic mass is 79.9. The number of methoxy groups -OCH3 is 2. The molecule has 2 aromatic carbocycles. The van der Waals surface area contributed by atoms with E-state index in [-0.39, 0.29) is 5.91 Å². The Morgan fingerprint density at radius 1 is 1.12 bits per heavy atom. The Bertz CT molecular complexity index is 718. The molecule has 0 radical (unpaired) electrons. The molecule has 0 fully saturated rings. The summed E-state index contributed by atoms with van der Waals surface area (Å²) in [6.07, 6.45) is 0. The van der Waals surface area contributed by atoms with Crippen LogP contribution in [0.25, 0.3) is 0 Å². The van der Waals surface area contributed by atoms with E-state index in [1.54, 1.807) is 26.4 Å². The number of hydrogen-bond donors (Lipinski definition) is 1. The van der Waals surface area contributed by atoms with Crippen molar-refractivity contribution in [3.05, 3.63) is 52.0 Å². The molecule has 2 aromatic rings. The minimum absolute atomic E-state index is 0.204. The Balaban J connectivity index is 2.17. The Labute approximate surface area is 150 Å². The van der Waals surface area contributed by atoms with Gasteiger partial charge in [-0.2, -0.15) is 0 Å². The molecule has 128 valence electrons. The normalized spacial score (nSPS) is 10.2. The lowest BCUT2D eigenvalue weighted by Gasteiger charge is -2.14. The number of nitrogens with one attached hydrogen (secondary N) is 1. The summed E-state index contributed by atoms with van der Waals surface area (Å²) >= 11 is 3.41. The Morgan fingerprint density at radius 3 is 2.54 bits per heavy atom. The molecule has 24 heavy (non-hydrogen) atoms. The van der Waals surface area contributed by atoms with Crippen molar-refractivity contribution in [3.63, 3.8) is 0 Å². The van der Waals surface area contributed by atoms with Gasteiger partial charge in [0.15, 0.2) is 11.5 Å². The van der Waals surface area contributed by atoms with Crippen molar-refractivity contribution in [2.24, 2.45) is 0 Å². The smallest absolute Gasteiger partial charge is 0.251 e. The number of halogens is 1. The predicted octanol–water partition coefficient (Wildman–Crippen LogP) is 3.80. The number of rotatable bonds is 7. The van der Waals surface area contributed by atoms with Crippen LogP contribution in [0.15, 0.2) is 40.9 Å². The number of amides is 1. The van der Waals surface area contributed by atoms with E-state index in [1.807, 2.05) is 31.2 Å². The minimum atomic E-state index is -0.204. The highest BCUT2D eigenvalue weighted by Crippen LogP contribution is 2.36. The second-order valence-electron chi connectivity index (χ2n) is 4.92. The van der Waals surface area contributed by atoms with Gasteiger partial charge < -0.3 is 19.5 Å². The van der Waals surface area contributed by atoms with Crippen molar-refractivity contribution in [1.82, 2.24) is 5.32 Å². The maximum atomic E-state index is 12.5. The fourth-order valence-corrected chi connectivity index (χ4v) is 2.89. The van der Waals surface area contributed by atoms with E-state index in [1.165, 1.54) is 0 Å². The van der Waals surface area contributed by atoms with Gasteiger partial charge in [-0.05, 0) is 41.1 Å². The summed E-state index contributed by atoms with van der Waals surface area (Å²) in [5.74, 6) is 1.63. The summed E-state index contributed by atoms with van der Waals surface area (Å²) in [4.78, 5) is 12.5. The molecule has 5 nitrogen and oxygen atoms in total. The third-order valence-electron chi connectivity index (χ3n) is 3.41. The van der Waals surface area contributed by atoms with E-state index in [0.717, 1.165) is 11.3 Å². The molecule has 1 N–H and O–H groups in total. The van der Waals surface area contributed by atoms with Crippen LogP contribution in [0, 0.1) is 0 Å². The van der Waals surface area contributed by atoms with Crippen LogP contribution in [0.4, 0.5) is 0 Å². The highest BCUT2D eigenvalue weighted by Gasteiger charge is 2.15. The fourth-order valence-electron chi connectivity index (χ4n) is 2.29. The number of carbonyl (C=O) groups is 1. The Hall–Kier alpha value is -2.21. The molecule has 0 aliphatic heterocycles. The summed E-state index contributed by atoms with van der Waals surface area (Å²) in [6.45, 7) is 2.73. The van der Waals surface area contributed by atoms with E-state index in [9.17, 15) is 4.79 Å². The lowest BCUT2D eigenvalue weighted by Crippen LogP contribution is -2.23. The molecule has 2 rings (SSSR count). The molecule has 0 saturated carbocycles. The van der Waals surface area contributed by atoms with Crippen molar-refractivity contribution in [2.45, 2.75) is 13.5 Å². The third kappa shape index (κ3) is 4.20. The molecule has 0 unspecified atom stereocenters. The summed E-state index contributed by atoms with van der Waals surface area (Å²) in [7, 11) is 3.17. The molecule has 0 bridgehead atoms. The van der Waals surface area contributed by atoms with Crippen LogP contribution < -0.4 is 19.5 Å². The molecular weight excluding hydrogens is 374 g/mol. The van der Waals surface area contributed by atoms with E-state index < -0.39 is 0 Å². The molecule has 0 aliphatic rings. The molecule has 6 heteroatoms. The van der Waals surface area contributed by atoms with Crippen LogP contribution in [0.3, 0.4) is 0 Å². The van der Waals surface area contributed by atoms with Crippen molar-refractivity contribution in [2.75, 3.05) is 20.8 Å². The Kier molecular flexibility index (Phi) is 6.49. The maximum Gasteiger partial charge on any atom is 0.251 e.